The van der Waals surface area contributed by atoms with Crippen LogP contribution in [-0.2, 0) is 4.79 Å². The zero-order chi connectivity index (χ0) is 15.6. The van der Waals surface area contributed by atoms with Crippen molar-refractivity contribution in [2.24, 2.45) is 41.4 Å². The third-order valence-corrected chi connectivity index (χ3v) is 7.39. The molecule has 1 aromatic rings. The summed E-state index contributed by atoms with van der Waals surface area (Å²) in [4.78, 5) is 13.0. The lowest BCUT2D eigenvalue weighted by atomic mass is 9.47. The normalized spacial score (nSPS) is 46.4. The third-order valence-electron chi connectivity index (χ3n) is 7.39. The van der Waals surface area contributed by atoms with E-state index in [4.69, 9.17) is 0 Å². The van der Waals surface area contributed by atoms with Crippen LogP contribution in [-0.4, -0.2) is 17.5 Å². The maximum Gasteiger partial charge on any atom is 0.137 e. The number of allylic oxidation sites excluding steroid dienone is 2. The van der Waals surface area contributed by atoms with E-state index in [0.717, 1.165) is 24.7 Å². The van der Waals surface area contributed by atoms with E-state index >= 15 is 0 Å². The summed E-state index contributed by atoms with van der Waals surface area (Å²) in [6, 6.07) is 10.6. The van der Waals surface area contributed by atoms with Crippen molar-refractivity contribution in [2.45, 2.75) is 25.2 Å². The van der Waals surface area contributed by atoms with Crippen LogP contribution in [0.5, 0.6) is 0 Å². The number of ketones is 1. The van der Waals surface area contributed by atoms with Crippen LogP contribution >= 0.6 is 0 Å². The molecule has 2 heteroatoms. The van der Waals surface area contributed by atoms with Gasteiger partial charge in [0.05, 0.1) is 0 Å². The van der Waals surface area contributed by atoms with Crippen molar-refractivity contribution < 1.29 is 9.90 Å². The van der Waals surface area contributed by atoms with Gasteiger partial charge in [0.1, 0.15) is 5.78 Å². The summed E-state index contributed by atoms with van der Waals surface area (Å²) >= 11 is 0. The van der Waals surface area contributed by atoms with Crippen LogP contribution in [0.15, 0.2) is 42.5 Å². The second-order valence-electron chi connectivity index (χ2n) is 8.08. The zero-order valence-corrected chi connectivity index (χ0v) is 13.3. The molecule has 1 aromatic carbocycles. The number of rotatable bonds is 3. The number of carbonyl (C=O) groups is 1. The Morgan fingerprint density at radius 1 is 1.04 bits per heavy atom. The summed E-state index contributed by atoms with van der Waals surface area (Å²) in [6.45, 7) is 0.278. The molecular formula is C21H24O2. The Kier molecular flexibility index (Phi) is 3.06. The predicted molar refractivity (Wildman–Crippen MR) is 88.7 cm³/mol. The van der Waals surface area contributed by atoms with E-state index in [0.29, 0.717) is 29.5 Å². The Morgan fingerprint density at radius 2 is 1.87 bits per heavy atom. The highest BCUT2D eigenvalue weighted by Gasteiger charge is 2.65. The van der Waals surface area contributed by atoms with Crippen molar-refractivity contribution in [3.05, 3.63) is 48.0 Å². The Balaban J connectivity index is 1.52. The van der Waals surface area contributed by atoms with Gasteiger partial charge in [0.25, 0.3) is 0 Å². The Labute approximate surface area is 137 Å². The van der Waals surface area contributed by atoms with Crippen molar-refractivity contribution in [3.8, 4) is 0 Å². The lowest BCUT2D eigenvalue weighted by molar-refractivity contribution is -0.145. The molecule has 120 valence electrons. The number of Topliss-reactive ketones (excluding diaryl/α,β-unsaturated/α-hetero) is 1. The highest BCUT2D eigenvalue weighted by Crippen LogP contribution is 2.68. The monoisotopic (exact) mass is 308 g/mol. The third kappa shape index (κ3) is 1.82. The summed E-state index contributed by atoms with van der Waals surface area (Å²) in [5, 5.41) is 9.36. The van der Waals surface area contributed by atoms with E-state index in [2.05, 4.69) is 42.5 Å². The first kappa shape index (κ1) is 14.0. The average Bonchev–Trinajstić information content (AvgIpc) is 2.93. The quantitative estimate of drug-likeness (QED) is 0.869. The molecule has 2 nitrogen and oxygen atoms in total. The molecule has 0 radical (unpaired) electrons. The fourth-order valence-corrected chi connectivity index (χ4v) is 6.70. The highest BCUT2D eigenvalue weighted by atomic mass is 16.3. The minimum atomic E-state index is 0.203. The number of hydrogen-bond acceptors (Lipinski definition) is 2. The van der Waals surface area contributed by atoms with Gasteiger partial charge in [0.15, 0.2) is 0 Å². The molecule has 1 N–H and O–H groups in total. The van der Waals surface area contributed by atoms with E-state index in [1.54, 1.807) is 0 Å². The van der Waals surface area contributed by atoms with Crippen molar-refractivity contribution in [1.29, 1.82) is 0 Å². The molecule has 0 amide bonds. The summed E-state index contributed by atoms with van der Waals surface area (Å²) in [5.41, 5.74) is 1.30. The lowest BCUT2D eigenvalue weighted by Crippen LogP contribution is -2.55. The molecule has 4 aliphatic rings. The smallest absolute Gasteiger partial charge is 0.137 e. The molecule has 5 rings (SSSR count). The molecule has 3 saturated carbocycles. The number of aliphatic hydroxyl groups excluding tert-OH is 1. The zero-order valence-electron chi connectivity index (χ0n) is 13.3. The minimum Gasteiger partial charge on any atom is -0.396 e. The molecule has 4 aliphatic carbocycles. The van der Waals surface area contributed by atoms with Crippen molar-refractivity contribution in [1.82, 2.24) is 0 Å². The Hall–Kier alpha value is -1.41. The fraction of sp³-hybridized carbons (Fsp3) is 0.571. The number of benzene rings is 1. The van der Waals surface area contributed by atoms with E-state index < -0.39 is 0 Å². The van der Waals surface area contributed by atoms with Gasteiger partial charge in [-0.2, -0.15) is 0 Å². The van der Waals surface area contributed by atoms with Gasteiger partial charge in [-0.1, -0.05) is 42.5 Å². The molecule has 0 unspecified atom stereocenters. The molecular weight excluding hydrogens is 284 g/mol. The van der Waals surface area contributed by atoms with Gasteiger partial charge in [0.2, 0.25) is 0 Å². The van der Waals surface area contributed by atoms with Crippen LogP contribution < -0.4 is 0 Å². The van der Waals surface area contributed by atoms with Gasteiger partial charge in [-0.25, -0.2) is 0 Å². The standard InChI is InChI=1S/C21H24O2/c22-9-8-15-16-10-13-6-7-14(12-4-2-1-3-5-12)21-18(23)11-17(15)20(16)19(13)21/h1-7,13-17,19-22H,8-11H2/t13-,14+,15+,16+,17-,19+,20+,21-/m1/s1. The SMILES string of the molecule is O=C1C[C@@H]2[C@@H](CCO)[C@@H]3C[C@H]4C=C[C@@H](c5ccccc5)[C@H]1[C@@H]4[C@H]23. The largest absolute Gasteiger partial charge is 0.396 e. The number of aliphatic hydroxyl groups is 1. The first-order valence-corrected chi connectivity index (χ1v) is 9.16. The van der Waals surface area contributed by atoms with Gasteiger partial charge < -0.3 is 5.11 Å². The van der Waals surface area contributed by atoms with Gasteiger partial charge >= 0.3 is 0 Å². The van der Waals surface area contributed by atoms with Crippen LogP contribution in [0.25, 0.3) is 0 Å². The molecule has 0 spiro atoms. The average molecular weight is 308 g/mol. The van der Waals surface area contributed by atoms with Crippen molar-refractivity contribution in [3.63, 3.8) is 0 Å². The Bertz CT molecular complexity index is 649. The molecule has 8 atom stereocenters. The van der Waals surface area contributed by atoms with E-state index in [1.165, 1.54) is 12.0 Å². The molecule has 0 bridgehead atoms. The van der Waals surface area contributed by atoms with E-state index in [1.807, 2.05) is 0 Å². The minimum absolute atomic E-state index is 0.203. The molecule has 0 heterocycles. The molecule has 0 aliphatic heterocycles. The molecule has 0 saturated heterocycles. The van der Waals surface area contributed by atoms with Crippen LogP contribution in [0.1, 0.15) is 30.7 Å². The van der Waals surface area contributed by atoms with Gasteiger partial charge in [-0.3, -0.25) is 4.79 Å². The maximum absolute atomic E-state index is 13.0. The van der Waals surface area contributed by atoms with E-state index in [9.17, 15) is 9.90 Å². The lowest BCUT2D eigenvalue weighted by Gasteiger charge is -2.56. The Morgan fingerprint density at radius 3 is 2.65 bits per heavy atom. The topological polar surface area (TPSA) is 37.3 Å². The van der Waals surface area contributed by atoms with Gasteiger partial charge in [-0.05, 0) is 53.9 Å². The second-order valence-corrected chi connectivity index (χ2v) is 8.08. The molecule has 0 aromatic heterocycles. The maximum atomic E-state index is 13.0. The van der Waals surface area contributed by atoms with Crippen LogP contribution in [0.3, 0.4) is 0 Å². The first-order chi connectivity index (χ1) is 11.3. The summed E-state index contributed by atoms with van der Waals surface area (Å²) in [5.74, 6) is 4.81. The summed E-state index contributed by atoms with van der Waals surface area (Å²) in [7, 11) is 0. The van der Waals surface area contributed by atoms with Gasteiger partial charge in [-0.15, -0.1) is 0 Å². The van der Waals surface area contributed by atoms with Crippen LogP contribution in [0.4, 0.5) is 0 Å². The number of hydrogen-bond donors (Lipinski definition) is 1. The first-order valence-electron chi connectivity index (χ1n) is 9.16. The fourth-order valence-electron chi connectivity index (χ4n) is 6.70. The summed E-state index contributed by atoms with van der Waals surface area (Å²) in [6.07, 6.45) is 7.65. The highest BCUT2D eigenvalue weighted by molar-refractivity contribution is 5.85. The second kappa shape index (κ2) is 5.04. The van der Waals surface area contributed by atoms with Gasteiger partial charge in [0, 0.05) is 24.9 Å². The molecule has 23 heavy (non-hydrogen) atoms. The van der Waals surface area contributed by atoms with Crippen LogP contribution in [0.2, 0.25) is 0 Å². The van der Waals surface area contributed by atoms with Crippen molar-refractivity contribution >= 4 is 5.78 Å². The predicted octanol–water partition coefficient (Wildman–Crippen LogP) is 3.43. The van der Waals surface area contributed by atoms with E-state index in [-0.39, 0.29) is 18.4 Å². The summed E-state index contributed by atoms with van der Waals surface area (Å²) < 4.78 is 0. The molecule has 3 fully saturated rings. The number of carbonyl (C=O) groups excluding carboxylic acids is 1. The van der Waals surface area contributed by atoms with Crippen LogP contribution in [0, 0.1) is 41.4 Å². The van der Waals surface area contributed by atoms with Crippen molar-refractivity contribution in [2.75, 3.05) is 6.61 Å².